The van der Waals surface area contributed by atoms with Gasteiger partial charge in [-0.15, -0.1) is 0 Å². The maximum Gasteiger partial charge on any atom is 0.333 e. The molecular weight excluding hydrogens is 400 g/mol. The third-order valence-electron chi connectivity index (χ3n) is 4.46. The quantitative estimate of drug-likeness (QED) is 0.473. The second kappa shape index (κ2) is 11.1. The van der Waals surface area contributed by atoms with Crippen LogP contribution in [0.15, 0.2) is 48.5 Å². The zero-order valence-electron chi connectivity index (χ0n) is 18.4. The minimum Gasteiger partial charge on any atom is -0.491 e. The molecule has 0 aliphatic heterocycles. The molecule has 0 aliphatic rings. The van der Waals surface area contributed by atoms with E-state index in [0.29, 0.717) is 17.1 Å². The van der Waals surface area contributed by atoms with Gasteiger partial charge in [0.05, 0.1) is 11.7 Å². The van der Waals surface area contributed by atoms with Crippen molar-refractivity contribution in [3.63, 3.8) is 0 Å². The van der Waals surface area contributed by atoms with E-state index < -0.39 is 23.8 Å². The van der Waals surface area contributed by atoms with Crippen LogP contribution in [0.3, 0.4) is 0 Å². The summed E-state index contributed by atoms with van der Waals surface area (Å²) in [7, 11) is 0. The van der Waals surface area contributed by atoms with Crippen molar-refractivity contribution < 1.29 is 34.3 Å². The molecule has 0 aliphatic carbocycles. The predicted octanol–water partition coefficient (Wildman–Crippen LogP) is 3.15. The topological polar surface area (TPSA) is 105 Å². The lowest BCUT2D eigenvalue weighted by atomic mass is 9.98. The summed E-state index contributed by atoms with van der Waals surface area (Å²) in [6.07, 6.45) is -1.78. The Bertz CT molecular complexity index is 842. The molecule has 0 aromatic heterocycles. The Balaban J connectivity index is 1.87. The molecule has 0 amide bonds. The van der Waals surface area contributed by atoms with E-state index in [1.165, 1.54) is 0 Å². The van der Waals surface area contributed by atoms with Crippen molar-refractivity contribution in [2.24, 2.45) is 0 Å². The number of carbonyl (C=O) groups is 1. The first-order chi connectivity index (χ1) is 14.5. The molecule has 0 saturated carbocycles. The van der Waals surface area contributed by atoms with Gasteiger partial charge in [-0.05, 0) is 63.1 Å². The lowest BCUT2D eigenvalue weighted by Gasteiger charge is -2.19. The van der Waals surface area contributed by atoms with Gasteiger partial charge in [0.1, 0.15) is 30.8 Å². The van der Waals surface area contributed by atoms with Crippen molar-refractivity contribution in [3.8, 4) is 11.5 Å². The summed E-state index contributed by atoms with van der Waals surface area (Å²) in [5, 5.41) is 29.6. The molecule has 0 heterocycles. The SMILES string of the molecule is CC(C)OC(Cc1cccc(OCC(O)COc2cccc(C(C)(C)O)c2)c1)C(=O)O. The molecule has 2 unspecified atom stereocenters. The molecule has 0 radical (unpaired) electrons. The van der Waals surface area contributed by atoms with E-state index in [2.05, 4.69) is 0 Å². The van der Waals surface area contributed by atoms with Crippen molar-refractivity contribution in [1.29, 1.82) is 0 Å². The van der Waals surface area contributed by atoms with E-state index in [1.54, 1.807) is 70.2 Å². The smallest absolute Gasteiger partial charge is 0.333 e. The average Bonchev–Trinajstić information content (AvgIpc) is 2.70. The zero-order chi connectivity index (χ0) is 23.0. The van der Waals surface area contributed by atoms with Crippen LogP contribution in [0.5, 0.6) is 11.5 Å². The summed E-state index contributed by atoms with van der Waals surface area (Å²) < 4.78 is 16.7. The van der Waals surface area contributed by atoms with Crippen LogP contribution >= 0.6 is 0 Å². The van der Waals surface area contributed by atoms with Gasteiger partial charge in [-0.1, -0.05) is 24.3 Å². The van der Waals surface area contributed by atoms with E-state index in [0.717, 1.165) is 5.56 Å². The van der Waals surface area contributed by atoms with Gasteiger partial charge >= 0.3 is 5.97 Å². The molecule has 0 spiro atoms. The Kier molecular flexibility index (Phi) is 8.86. The molecule has 0 saturated heterocycles. The minimum absolute atomic E-state index is 0.0134. The fraction of sp³-hybridized carbons (Fsp3) is 0.458. The molecule has 7 heteroatoms. The summed E-state index contributed by atoms with van der Waals surface area (Å²) in [5.41, 5.74) is 0.500. The van der Waals surface area contributed by atoms with Crippen molar-refractivity contribution in [2.45, 2.75) is 58.0 Å². The maximum atomic E-state index is 11.4. The van der Waals surface area contributed by atoms with Gasteiger partial charge in [0.25, 0.3) is 0 Å². The lowest BCUT2D eigenvalue weighted by Crippen LogP contribution is -2.29. The largest absolute Gasteiger partial charge is 0.491 e. The Labute approximate surface area is 183 Å². The number of benzene rings is 2. The highest BCUT2D eigenvalue weighted by Gasteiger charge is 2.20. The van der Waals surface area contributed by atoms with Crippen molar-refractivity contribution in [2.75, 3.05) is 13.2 Å². The van der Waals surface area contributed by atoms with Crippen molar-refractivity contribution in [1.82, 2.24) is 0 Å². The molecule has 0 bridgehead atoms. The van der Waals surface area contributed by atoms with E-state index in [4.69, 9.17) is 14.2 Å². The van der Waals surface area contributed by atoms with Crippen LogP contribution in [0, 0.1) is 0 Å². The van der Waals surface area contributed by atoms with Crippen LogP contribution in [0.25, 0.3) is 0 Å². The number of carboxylic acids is 1. The lowest BCUT2D eigenvalue weighted by molar-refractivity contribution is -0.153. The van der Waals surface area contributed by atoms with E-state index in [1.807, 2.05) is 6.07 Å². The highest BCUT2D eigenvalue weighted by molar-refractivity contribution is 5.72. The summed E-state index contributed by atoms with van der Waals surface area (Å²) in [5.74, 6) is 0.0565. The number of carboxylic acid groups (broad SMARTS) is 1. The molecule has 7 nitrogen and oxygen atoms in total. The van der Waals surface area contributed by atoms with Crippen LogP contribution in [-0.4, -0.2) is 52.8 Å². The first-order valence-corrected chi connectivity index (χ1v) is 10.3. The number of aliphatic hydroxyl groups excluding tert-OH is 1. The maximum absolute atomic E-state index is 11.4. The van der Waals surface area contributed by atoms with Gasteiger partial charge in [-0.3, -0.25) is 0 Å². The highest BCUT2D eigenvalue weighted by Crippen LogP contribution is 2.24. The second-order valence-electron chi connectivity index (χ2n) is 8.23. The first kappa shape index (κ1) is 24.7. The fourth-order valence-corrected chi connectivity index (χ4v) is 2.90. The standard InChI is InChI=1S/C24H32O7/c1-16(2)31-22(23(26)27)12-17-7-5-9-20(11-17)29-14-19(25)15-30-21-10-6-8-18(13-21)24(3,4)28/h5-11,13,16,19,22,25,28H,12,14-15H2,1-4H3,(H,26,27). The fourth-order valence-electron chi connectivity index (χ4n) is 2.90. The minimum atomic E-state index is -1.01. The van der Waals surface area contributed by atoms with E-state index in [9.17, 15) is 20.1 Å². The zero-order valence-corrected chi connectivity index (χ0v) is 18.4. The highest BCUT2D eigenvalue weighted by atomic mass is 16.5. The molecular formula is C24H32O7. The molecule has 2 rings (SSSR count). The number of hydrogen-bond donors (Lipinski definition) is 3. The summed E-state index contributed by atoms with van der Waals surface area (Å²) in [4.78, 5) is 11.4. The Morgan fingerprint density at radius 2 is 1.58 bits per heavy atom. The molecule has 31 heavy (non-hydrogen) atoms. The van der Waals surface area contributed by atoms with Crippen molar-refractivity contribution in [3.05, 3.63) is 59.7 Å². The monoisotopic (exact) mass is 432 g/mol. The third kappa shape index (κ3) is 8.57. The number of rotatable bonds is 12. The van der Waals surface area contributed by atoms with Gasteiger partial charge < -0.3 is 29.5 Å². The van der Waals surface area contributed by atoms with Gasteiger partial charge in [0.15, 0.2) is 6.10 Å². The predicted molar refractivity (Wildman–Crippen MR) is 116 cm³/mol. The van der Waals surface area contributed by atoms with E-state index in [-0.39, 0.29) is 25.7 Å². The number of aliphatic hydroxyl groups is 2. The third-order valence-corrected chi connectivity index (χ3v) is 4.46. The normalized spacial score (nSPS) is 13.6. The Morgan fingerprint density at radius 3 is 2.13 bits per heavy atom. The average molecular weight is 433 g/mol. The molecule has 3 N–H and O–H groups in total. The van der Waals surface area contributed by atoms with Crippen LogP contribution in [-0.2, 0) is 21.6 Å². The first-order valence-electron chi connectivity index (χ1n) is 10.3. The summed E-state index contributed by atoms with van der Waals surface area (Å²) in [6.45, 7) is 7.00. The molecule has 170 valence electrons. The van der Waals surface area contributed by atoms with Crippen LogP contribution in [0.2, 0.25) is 0 Å². The molecule has 2 aromatic carbocycles. The molecule has 2 atom stereocenters. The van der Waals surface area contributed by atoms with Crippen LogP contribution in [0.4, 0.5) is 0 Å². The van der Waals surface area contributed by atoms with Crippen molar-refractivity contribution >= 4 is 5.97 Å². The van der Waals surface area contributed by atoms with E-state index >= 15 is 0 Å². The molecule has 2 aromatic rings. The second-order valence-corrected chi connectivity index (χ2v) is 8.23. The van der Waals surface area contributed by atoms with Gasteiger partial charge in [0, 0.05) is 6.42 Å². The summed E-state index contributed by atoms with van der Waals surface area (Å²) in [6, 6.07) is 14.1. The Hall–Kier alpha value is -2.61. The molecule has 0 fully saturated rings. The Morgan fingerprint density at radius 1 is 1.00 bits per heavy atom. The van der Waals surface area contributed by atoms with Crippen LogP contribution in [0.1, 0.15) is 38.8 Å². The number of hydrogen-bond acceptors (Lipinski definition) is 6. The summed E-state index contributed by atoms with van der Waals surface area (Å²) >= 11 is 0. The van der Waals surface area contributed by atoms with Crippen LogP contribution < -0.4 is 9.47 Å². The van der Waals surface area contributed by atoms with Gasteiger partial charge in [-0.2, -0.15) is 0 Å². The van der Waals surface area contributed by atoms with Gasteiger partial charge in [0.2, 0.25) is 0 Å². The number of aliphatic carboxylic acids is 1. The number of ether oxygens (including phenoxy) is 3. The van der Waals surface area contributed by atoms with Gasteiger partial charge in [-0.25, -0.2) is 4.79 Å².